The third-order valence-electron chi connectivity index (χ3n) is 5.30. The van der Waals surface area contributed by atoms with Crippen molar-refractivity contribution >= 4 is 5.69 Å². The minimum absolute atomic E-state index is 0.143. The van der Waals surface area contributed by atoms with Crippen LogP contribution < -0.4 is 10.2 Å². The molecule has 6 heteroatoms. The van der Waals surface area contributed by atoms with Gasteiger partial charge in [0.05, 0.1) is 31.6 Å². The van der Waals surface area contributed by atoms with Crippen LogP contribution in [0.25, 0.3) is 0 Å². The first kappa shape index (κ1) is 17.2. The Hall–Kier alpha value is -1.21. The molecule has 3 fully saturated rings. The first-order valence-corrected chi connectivity index (χ1v) is 9.47. The van der Waals surface area contributed by atoms with Crippen LogP contribution in [0, 0.1) is 5.82 Å². The highest BCUT2D eigenvalue weighted by molar-refractivity contribution is 5.49. The third kappa shape index (κ3) is 4.50. The number of morpholine rings is 2. The molecule has 1 aromatic carbocycles. The van der Waals surface area contributed by atoms with Gasteiger partial charge >= 0.3 is 0 Å². The van der Waals surface area contributed by atoms with Crippen LogP contribution in [0.5, 0.6) is 0 Å². The molecular formula is C19H28FN3O2. The summed E-state index contributed by atoms with van der Waals surface area (Å²) in [6.07, 6.45) is 2.93. The normalized spacial score (nSPS) is 25.3. The Bertz CT molecular complexity index is 576. The Morgan fingerprint density at radius 2 is 1.96 bits per heavy atom. The summed E-state index contributed by atoms with van der Waals surface area (Å²) in [6, 6.07) is 6.35. The Labute approximate surface area is 149 Å². The smallest absolute Gasteiger partial charge is 0.146 e. The zero-order valence-corrected chi connectivity index (χ0v) is 14.8. The molecule has 3 aliphatic rings. The first-order chi connectivity index (χ1) is 12.3. The number of benzene rings is 1. The van der Waals surface area contributed by atoms with Crippen molar-refractivity contribution in [3.63, 3.8) is 0 Å². The van der Waals surface area contributed by atoms with E-state index in [9.17, 15) is 4.39 Å². The van der Waals surface area contributed by atoms with Crippen LogP contribution >= 0.6 is 0 Å². The fourth-order valence-corrected chi connectivity index (χ4v) is 3.74. The van der Waals surface area contributed by atoms with E-state index in [1.807, 2.05) is 12.1 Å². The highest BCUT2D eigenvalue weighted by Crippen LogP contribution is 2.28. The van der Waals surface area contributed by atoms with E-state index in [1.165, 1.54) is 12.8 Å². The molecular weight excluding hydrogens is 321 g/mol. The molecule has 2 saturated heterocycles. The number of nitrogens with zero attached hydrogens (tertiary/aromatic N) is 2. The van der Waals surface area contributed by atoms with Crippen molar-refractivity contribution in [2.75, 3.05) is 57.4 Å². The lowest BCUT2D eigenvalue weighted by molar-refractivity contribution is -0.0301. The molecule has 0 spiro atoms. The average molecular weight is 349 g/mol. The second-order valence-electron chi connectivity index (χ2n) is 7.23. The monoisotopic (exact) mass is 349 g/mol. The molecule has 0 radical (unpaired) electrons. The maximum absolute atomic E-state index is 14.4. The summed E-state index contributed by atoms with van der Waals surface area (Å²) in [5.74, 6) is -0.143. The molecule has 25 heavy (non-hydrogen) atoms. The number of nitrogens with one attached hydrogen (secondary N) is 1. The Kier molecular flexibility index (Phi) is 5.51. The van der Waals surface area contributed by atoms with Gasteiger partial charge in [-0.1, -0.05) is 6.07 Å². The van der Waals surface area contributed by atoms with Gasteiger partial charge in [0.25, 0.3) is 0 Å². The summed E-state index contributed by atoms with van der Waals surface area (Å²) in [4.78, 5) is 4.60. The van der Waals surface area contributed by atoms with Crippen molar-refractivity contribution in [3.8, 4) is 0 Å². The molecule has 2 heterocycles. The molecule has 2 aliphatic heterocycles. The van der Waals surface area contributed by atoms with Gasteiger partial charge in [-0.2, -0.15) is 0 Å². The SMILES string of the molecule is Fc1cc(CNC[C@@H]2CN(C3CC3)CCO2)ccc1N1CCOCC1. The van der Waals surface area contributed by atoms with E-state index in [0.717, 1.165) is 50.9 Å². The van der Waals surface area contributed by atoms with Crippen LogP contribution in [0.3, 0.4) is 0 Å². The minimum atomic E-state index is -0.143. The summed E-state index contributed by atoms with van der Waals surface area (Å²) >= 11 is 0. The Morgan fingerprint density at radius 1 is 1.12 bits per heavy atom. The Morgan fingerprint density at radius 3 is 2.72 bits per heavy atom. The summed E-state index contributed by atoms with van der Waals surface area (Å²) in [6.45, 7) is 7.24. The van der Waals surface area contributed by atoms with Gasteiger partial charge in [0.15, 0.2) is 0 Å². The van der Waals surface area contributed by atoms with Gasteiger partial charge in [-0.15, -0.1) is 0 Å². The zero-order valence-electron chi connectivity index (χ0n) is 14.8. The van der Waals surface area contributed by atoms with Crippen LogP contribution in [0.1, 0.15) is 18.4 Å². The van der Waals surface area contributed by atoms with E-state index in [2.05, 4.69) is 15.1 Å². The van der Waals surface area contributed by atoms with Crippen LogP contribution in [0.15, 0.2) is 18.2 Å². The second-order valence-corrected chi connectivity index (χ2v) is 7.23. The van der Waals surface area contributed by atoms with Gasteiger partial charge in [-0.05, 0) is 30.5 Å². The number of ether oxygens (including phenoxy) is 2. The maximum Gasteiger partial charge on any atom is 0.146 e. The number of anilines is 1. The van der Waals surface area contributed by atoms with Crippen molar-refractivity contribution in [1.82, 2.24) is 10.2 Å². The topological polar surface area (TPSA) is 37.0 Å². The van der Waals surface area contributed by atoms with Crippen molar-refractivity contribution in [2.45, 2.75) is 31.5 Å². The number of rotatable bonds is 6. The third-order valence-corrected chi connectivity index (χ3v) is 5.30. The van der Waals surface area contributed by atoms with E-state index in [-0.39, 0.29) is 11.9 Å². The van der Waals surface area contributed by atoms with Crippen molar-refractivity contribution in [2.24, 2.45) is 0 Å². The molecule has 0 bridgehead atoms. The molecule has 138 valence electrons. The first-order valence-electron chi connectivity index (χ1n) is 9.47. The quantitative estimate of drug-likeness (QED) is 0.845. The molecule has 0 aromatic heterocycles. The van der Waals surface area contributed by atoms with Gasteiger partial charge in [-0.3, -0.25) is 4.90 Å². The fraction of sp³-hybridized carbons (Fsp3) is 0.684. The summed E-state index contributed by atoms with van der Waals surface area (Å²) in [5, 5.41) is 3.43. The number of hydrogen-bond acceptors (Lipinski definition) is 5. The highest BCUT2D eigenvalue weighted by atomic mass is 19.1. The second kappa shape index (κ2) is 7.99. The van der Waals surface area contributed by atoms with Crippen LogP contribution in [-0.4, -0.2) is 69.6 Å². The van der Waals surface area contributed by atoms with Gasteiger partial charge in [0.1, 0.15) is 5.82 Å². The molecule has 1 N–H and O–H groups in total. The van der Waals surface area contributed by atoms with Crippen molar-refractivity contribution in [1.29, 1.82) is 0 Å². The predicted octanol–water partition coefficient (Wildman–Crippen LogP) is 1.62. The van der Waals surface area contributed by atoms with Crippen LogP contribution in [-0.2, 0) is 16.0 Å². The lowest BCUT2D eigenvalue weighted by Crippen LogP contribution is -2.47. The van der Waals surface area contributed by atoms with Gasteiger partial charge in [0, 0.05) is 45.3 Å². The molecule has 0 amide bonds. The van der Waals surface area contributed by atoms with Gasteiger partial charge in [-0.25, -0.2) is 4.39 Å². The van der Waals surface area contributed by atoms with Gasteiger partial charge < -0.3 is 19.7 Å². The minimum Gasteiger partial charge on any atom is -0.378 e. The van der Waals surface area contributed by atoms with E-state index in [4.69, 9.17) is 9.47 Å². The number of halogens is 1. The zero-order chi connectivity index (χ0) is 17.1. The molecule has 1 aliphatic carbocycles. The van der Waals surface area contributed by atoms with Crippen molar-refractivity contribution in [3.05, 3.63) is 29.6 Å². The molecule has 0 unspecified atom stereocenters. The largest absolute Gasteiger partial charge is 0.378 e. The Balaban J connectivity index is 1.25. The summed E-state index contributed by atoms with van der Waals surface area (Å²) < 4.78 is 25.6. The van der Waals surface area contributed by atoms with Crippen molar-refractivity contribution < 1.29 is 13.9 Å². The highest BCUT2D eigenvalue weighted by Gasteiger charge is 2.32. The summed E-state index contributed by atoms with van der Waals surface area (Å²) in [7, 11) is 0. The molecule has 4 rings (SSSR count). The van der Waals surface area contributed by atoms with E-state index >= 15 is 0 Å². The molecule has 1 saturated carbocycles. The molecule has 1 aromatic rings. The van der Waals surface area contributed by atoms with E-state index < -0.39 is 0 Å². The standard InChI is InChI=1S/C19H28FN3O2/c20-18-11-15(1-4-19(18)22-5-8-24-9-6-22)12-21-13-17-14-23(7-10-25-17)16-2-3-16/h1,4,11,16-17,21H,2-3,5-10,12-14H2/t17-/m1/s1. The predicted molar refractivity (Wildman–Crippen MR) is 95.5 cm³/mol. The lowest BCUT2D eigenvalue weighted by Gasteiger charge is -2.33. The fourth-order valence-electron chi connectivity index (χ4n) is 3.74. The molecule has 1 atom stereocenters. The summed E-state index contributed by atoms with van der Waals surface area (Å²) in [5.41, 5.74) is 1.66. The maximum atomic E-state index is 14.4. The molecule has 5 nitrogen and oxygen atoms in total. The number of hydrogen-bond donors (Lipinski definition) is 1. The van der Waals surface area contributed by atoms with Crippen LogP contribution in [0.2, 0.25) is 0 Å². The average Bonchev–Trinajstić information content (AvgIpc) is 3.48. The van der Waals surface area contributed by atoms with Gasteiger partial charge in [0.2, 0.25) is 0 Å². The van der Waals surface area contributed by atoms with E-state index in [1.54, 1.807) is 6.07 Å². The van der Waals surface area contributed by atoms with E-state index in [0.29, 0.717) is 25.4 Å². The lowest BCUT2D eigenvalue weighted by atomic mass is 10.1. The van der Waals surface area contributed by atoms with Crippen LogP contribution in [0.4, 0.5) is 10.1 Å².